The van der Waals surface area contributed by atoms with Crippen molar-refractivity contribution in [2.24, 2.45) is 5.73 Å². The number of nitro groups is 1. The lowest BCUT2D eigenvalue weighted by atomic mass is 10.1. The maximum Gasteiger partial charge on any atom is 0.270 e. The molecule has 0 saturated carbocycles. The Kier molecular flexibility index (Phi) is 8.47. The fourth-order valence-electron chi connectivity index (χ4n) is 3.68. The van der Waals surface area contributed by atoms with Crippen molar-refractivity contribution in [1.82, 2.24) is 10.2 Å². The maximum absolute atomic E-state index is 13.0. The number of likely N-dealkylation sites (tertiary alicyclic amines) is 1. The number of nitrogens with two attached hydrogens (primary N) is 1. The second-order valence-electron chi connectivity index (χ2n) is 7.95. The quantitative estimate of drug-likeness (QED) is 0.309. The van der Waals surface area contributed by atoms with Crippen LogP contribution in [-0.2, 0) is 20.9 Å². The normalized spacial score (nSPS) is 16.2. The third-order valence-electron chi connectivity index (χ3n) is 5.39. The fraction of sp³-hybridized carbons (Fsp3) is 0.292. The summed E-state index contributed by atoms with van der Waals surface area (Å²) >= 11 is 0. The van der Waals surface area contributed by atoms with Gasteiger partial charge in [0.1, 0.15) is 6.04 Å². The van der Waals surface area contributed by atoms with Crippen molar-refractivity contribution in [3.63, 3.8) is 0 Å². The summed E-state index contributed by atoms with van der Waals surface area (Å²) in [5.41, 5.74) is 7.53. The number of carbonyl (C=O) groups excluding carboxylic acids is 3. The summed E-state index contributed by atoms with van der Waals surface area (Å²) in [7, 11) is 0. The number of amides is 3. The van der Waals surface area contributed by atoms with Crippen LogP contribution in [-0.4, -0.2) is 46.7 Å². The summed E-state index contributed by atoms with van der Waals surface area (Å²) in [5.74, 6) is -1.14. The van der Waals surface area contributed by atoms with Gasteiger partial charge in [0.25, 0.3) is 5.69 Å². The highest BCUT2D eigenvalue weighted by atomic mass is 16.6. The van der Waals surface area contributed by atoms with Gasteiger partial charge in [-0.3, -0.25) is 24.5 Å². The van der Waals surface area contributed by atoms with E-state index in [0.717, 1.165) is 18.4 Å². The third-order valence-corrected chi connectivity index (χ3v) is 5.39. The largest absolute Gasteiger partial charge is 0.341 e. The molecule has 0 bridgehead atoms. The molecule has 2 aromatic rings. The first-order chi connectivity index (χ1) is 16.4. The van der Waals surface area contributed by atoms with Crippen LogP contribution in [0, 0.1) is 10.1 Å². The predicted octanol–water partition coefficient (Wildman–Crippen LogP) is 2.20. The molecular formula is C24H27N5O5. The predicted molar refractivity (Wildman–Crippen MR) is 127 cm³/mol. The van der Waals surface area contributed by atoms with Crippen molar-refractivity contribution < 1.29 is 19.3 Å². The first kappa shape index (κ1) is 24.6. The molecule has 0 aliphatic carbocycles. The molecule has 3 rings (SSSR count). The van der Waals surface area contributed by atoms with E-state index < -0.39 is 16.9 Å². The molecule has 1 saturated heterocycles. The molecule has 1 aliphatic heterocycles. The molecular weight excluding hydrogens is 438 g/mol. The molecule has 4 N–H and O–H groups in total. The molecule has 178 valence electrons. The minimum atomic E-state index is -0.752. The molecule has 1 heterocycles. The molecule has 0 aromatic heterocycles. The molecule has 1 fully saturated rings. The van der Waals surface area contributed by atoms with Gasteiger partial charge in [-0.1, -0.05) is 24.3 Å². The molecule has 3 amide bonds. The number of benzene rings is 2. The van der Waals surface area contributed by atoms with Gasteiger partial charge >= 0.3 is 0 Å². The van der Waals surface area contributed by atoms with Crippen LogP contribution in [0.5, 0.6) is 0 Å². The molecule has 1 unspecified atom stereocenters. The molecule has 10 nitrogen and oxygen atoms in total. The Labute approximate surface area is 197 Å². The lowest BCUT2D eigenvalue weighted by molar-refractivity contribution is -0.384. The number of anilines is 1. The number of nitro benzene ring substituents is 1. The Morgan fingerprint density at radius 1 is 1.18 bits per heavy atom. The number of nitrogens with zero attached hydrogens (tertiary/aromatic N) is 2. The first-order valence-corrected chi connectivity index (χ1v) is 11.0. The summed E-state index contributed by atoms with van der Waals surface area (Å²) in [6.45, 7) is 0.651. The van der Waals surface area contributed by atoms with Crippen LogP contribution >= 0.6 is 0 Å². The van der Waals surface area contributed by atoms with Crippen LogP contribution in [0.3, 0.4) is 0 Å². The van der Waals surface area contributed by atoms with Gasteiger partial charge in [0.05, 0.1) is 11.5 Å². The van der Waals surface area contributed by atoms with Crippen molar-refractivity contribution in [1.29, 1.82) is 0 Å². The van der Waals surface area contributed by atoms with Gasteiger partial charge in [0.15, 0.2) is 0 Å². The Hall–Kier alpha value is -4.05. The van der Waals surface area contributed by atoms with Gasteiger partial charge in [0, 0.05) is 37.0 Å². The van der Waals surface area contributed by atoms with Crippen LogP contribution in [0.15, 0.2) is 54.6 Å². The van der Waals surface area contributed by atoms with Gasteiger partial charge in [-0.15, -0.1) is 0 Å². The summed E-state index contributed by atoms with van der Waals surface area (Å²) in [5, 5.41) is 16.4. The zero-order valence-corrected chi connectivity index (χ0v) is 18.6. The lowest BCUT2D eigenvalue weighted by Crippen LogP contribution is -2.49. The van der Waals surface area contributed by atoms with E-state index >= 15 is 0 Å². The van der Waals surface area contributed by atoms with Crippen LogP contribution in [0.25, 0.3) is 6.08 Å². The van der Waals surface area contributed by atoms with E-state index in [9.17, 15) is 24.5 Å². The molecule has 0 radical (unpaired) electrons. The Morgan fingerprint density at radius 2 is 1.97 bits per heavy atom. The van der Waals surface area contributed by atoms with E-state index in [1.807, 2.05) is 6.07 Å². The number of nitrogens with one attached hydrogen (secondary N) is 2. The number of rotatable bonds is 8. The number of hydrogen-bond donors (Lipinski definition) is 3. The van der Waals surface area contributed by atoms with E-state index in [1.165, 1.54) is 35.3 Å². The van der Waals surface area contributed by atoms with E-state index in [0.29, 0.717) is 30.8 Å². The van der Waals surface area contributed by atoms with Crippen molar-refractivity contribution in [2.45, 2.75) is 31.8 Å². The summed E-state index contributed by atoms with van der Waals surface area (Å²) < 4.78 is 0. The zero-order valence-electron chi connectivity index (χ0n) is 18.6. The fourth-order valence-corrected chi connectivity index (χ4v) is 3.68. The average molecular weight is 466 g/mol. The van der Waals surface area contributed by atoms with Crippen molar-refractivity contribution in [3.8, 4) is 0 Å². The Bertz CT molecular complexity index is 1100. The summed E-state index contributed by atoms with van der Waals surface area (Å²) in [6, 6.07) is 12.3. The highest BCUT2D eigenvalue weighted by molar-refractivity contribution is 5.98. The van der Waals surface area contributed by atoms with E-state index in [1.54, 1.807) is 24.3 Å². The molecule has 1 aliphatic rings. The van der Waals surface area contributed by atoms with Gasteiger partial charge in [-0.05, 0) is 48.6 Å². The van der Waals surface area contributed by atoms with Crippen LogP contribution in [0.1, 0.15) is 30.4 Å². The minimum Gasteiger partial charge on any atom is -0.341 e. The topological polar surface area (TPSA) is 148 Å². The highest BCUT2D eigenvalue weighted by Crippen LogP contribution is 2.16. The zero-order chi connectivity index (χ0) is 24.5. The van der Waals surface area contributed by atoms with Gasteiger partial charge in [0.2, 0.25) is 17.7 Å². The molecule has 1 atom stereocenters. The maximum atomic E-state index is 13.0. The molecule has 34 heavy (non-hydrogen) atoms. The SMILES string of the molecule is NCc1cccc(NC(=O)CN2CCCCC(NC(=O)C=Cc3cccc([N+](=O)[O-])c3)C2=O)c1. The monoisotopic (exact) mass is 465 g/mol. The van der Waals surface area contributed by atoms with Crippen LogP contribution in [0.4, 0.5) is 11.4 Å². The lowest BCUT2D eigenvalue weighted by Gasteiger charge is -2.24. The Morgan fingerprint density at radius 3 is 2.74 bits per heavy atom. The van der Waals surface area contributed by atoms with Crippen LogP contribution < -0.4 is 16.4 Å². The van der Waals surface area contributed by atoms with Crippen molar-refractivity contribution >= 4 is 35.2 Å². The van der Waals surface area contributed by atoms with E-state index in [2.05, 4.69) is 10.6 Å². The van der Waals surface area contributed by atoms with Crippen LogP contribution in [0.2, 0.25) is 0 Å². The first-order valence-electron chi connectivity index (χ1n) is 11.0. The number of hydrogen-bond acceptors (Lipinski definition) is 6. The molecule has 2 aromatic carbocycles. The number of non-ortho nitro benzene ring substituents is 1. The molecule has 10 heteroatoms. The number of carbonyl (C=O) groups is 3. The second-order valence-corrected chi connectivity index (χ2v) is 7.95. The Balaban J connectivity index is 1.59. The van der Waals surface area contributed by atoms with Crippen molar-refractivity contribution in [2.75, 3.05) is 18.4 Å². The van der Waals surface area contributed by atoms with E-state index in [4.69, 9.17) is 5.73 Å². The standard InChI is InChI=1S/C24H27N5O5/c25-15-18-6-3-7-19(13-18)26-23(31)16-28-12-2-1-9-21(24(28)32)27-22(30)11-10-17-5-4-8-20(14-17)29(33)34/h3-8,10-11,13-14,21H,1-2,9,12,15-16,25H2,(H,26,31)(H,27,30). The van der Waals surface area contributed by atoms with Gasteiger partial charge in [-0.25, -0.2) is 0 Å². The summed E-state index contributed by atoms with van der Waals surface area (Å²) in [4.78, 5) is 49.7. The highest BCUT2D eigenvalue weighted by Gasteiger charge is 2.29. The van der Waals surface area contributed by atoms with E-state index in [-0.39, 0.29) is 24.0 Å². The summed E-state index contributed by atoms with van der Waals surface area (Å²) in [6.07, 6.45) is 4.59. The molecule has 0 spiro atoms. The third kappa shape index (κ3) is 6.97. The van der Waals surface area contributed by atoms with Gasteiger partial charge < -0.3 is 21.3 Å². The second kappa shape index (κ2) is 11.7. The minimum absolute atomic E-state index is 0.0785. The van der Waals surface area contributed by atoms with Gasteiger partial charge in [-0.2, -0.15) is 0 Å². The van der Waals surface area contributed by atoms with Crippen molar-refractivity contribution in [3.05, 3.63) is 75.8 Å². The smallest absolute Gasteiger partial charge is 0.270 e. The average Bonchev–Trinajstić information content (AvgIpc) is 2.99.